The number of benzene rings is 1. The van der Waals surface area contributed by atoms with Crippen LogP contribution in [0.5, 0.6) is 0 Å². The third kappa shape index (κ3) is 4.80. The summed E-state index contributed by atoms with van der Waals surface area (Å²) in [6, 6.07) is 8.00. The number of rotatable bonds is 5. The van der Waals surface area contributed by atoms with Crippen molar-refractivity contribution in [2.45, 2.75) is 56.7 Å². The van der Waals surface area contributed by atoms with Gasteiger partial charge in [0.05, 0.1) is 5.25 Å². The Labute approximate surface area is 139 Å². The molecule has 0 spiro atoms. The normalized spacial score (nSPS) is 21.9. The second-order valence-corrected chi connectivity index (χ2v) is 8.97. The third-order valence-electron chi connectivity index (χ3n) is 4.86. The van der Waals surface area contributed by atoms with Crippen LogP contribution in [0.15, 0.2) is 24.3 Å². The van der Waals surface area contributed by atoms with Crippen LogP contribution >= 0.6 is 0 Å². The first-order valence-electron chi connectivity index (χ1n) is 8.29. The van der Waals surface area contributed by atoms with Crippen LogP contribution in [0.2, 0.25) is 0 Å². The van der Waals surface area contributed by atoms with Gasteiger partial charge in [-0.25, -0.2) is 8.42 Å². The topological polar surface area (TPSA) is 54.5 Å². The van der Waals surface area contributed by atoms with E-state index in [2.05, 4.69) is 0 Å². The molecule has 1 amide bonds. The first-order valence-corrected chi connectivity index (χ1v) is 10.2. The quantitative estimate of drug-likeness (QED) is 0.830. The number of hydrogen-bond acceptors (Lipinski definition) is 3. The molecular weight excluding hydrogens is 310 g/mol. The summed E-state index contributed by atoms with van der Waals surface area (Å²) < 4.78 is 24.0. The summed E-state index contributed by atoms with van der Waals surface area (Å²) in [6.45, 7) is 2.04. The molecule has 5 heteroatoms. The molecule has 2 rings (SSSR count). The second kappa shape index (κ2) is 7.47. The lowest BCUT2D eigenvalue weighted by atomic mass is 9.93. The average Bonchev–Trinajstić information content (AvgIpc) is 2.52. The molecule has 0 radical (unpaired) electrons. The molecule has 1 aromatic rings. The van der Waals surface area contributed by atoms with Crippen molar-refractivity contribution >= 4 is 15.7 Å². The van der Waals surface area contributed by atoms with Gasteiger partial charge in [-0.3, -0.25) is 4.79 Å². The highest BCUT2D eigenvalue weighted by Gasteiger charge is 2.36. The lowest BCUT2D eigenvalue weighted by Gasteiger charge is -2.37. The molecule has 0 heterocycles. The van der Waals surface area contributed by atoms with E-state index in [0.29, 0.717) is 19.3 Å². The first-order chi connectivity index (χ1) is 10.8. The van der Waals surface area contributed by atoms with E-state index in [9.17, 15) is 13.2 Å². The van der Waals surface area contributed by atoms with Crippen molar-refractivity contribution in [3.63, 3.8) is 0 Å². The first kappa shape index (κ1) is 18.0. The van der Waals surface area contributed by atoms with E-state index in [4.69, 9.17) is 0 Å². The fourth-order valence-electron chi connectivity index (χ4n) is 3.39. The molecular formula is C18H27NO3S. The van der Waals surface area contributed by atoms with E-state index in [1.807, 2.05) is 31.2 Å². The van der Waals surface area contributed by atoms with Crippen molar-refractivity contribution in [1.82, 2.24) is 4.90 Å². The predicted octanol–water partition coefficient (Wildman–Crippen LogP) is 2.74. The fourth-order valence-corrected chi connectivity index (χ4v) is 4.87. The standard InChI is InChI=1S/C18H27NO3S/c1-14-8-10-15(11-9-14)12-13-18(20)19(2)16-6-4-5-7-17(16)23(3,21)22/h8-11,16-17H,4-7,12-13H2,1-3H3/t16-,17-/m1/s1. The summed E-state index contributed by atoms with van der Waals surface area (Å²) in [4.78, 5) is 14.2. The molecule has 0 unspecified atom stereocenters. The van der Waals surface area contributed by atoms with Crippen LogP contribution in [-0.2, 0) is 21.1 Å². The van der Waals surface area contributed by atoms with E-state index in [0.717, 1.165) is 24.8 Å². The maximum absolute atomic E-state index is 12.5. The van der Waals surface area contributed by atoms with Gasteiger partial charge in [0, 0.05) is 25.8 Å². The second-order valence-electron chi connectivity index (χ2n) is 6.71. The van der Waals surface area contributed by atoms with Crippen LogP contribution in [0.3, 0.4) is 0 Å². The molecule has 0 N–H and O–H groups in total. The zero-order valence-corrected chi connectivity index (χ0v) is 15.1. The van der Waals surface area contributed by atoms with E-state index in [1.165, 1.54) is 11.8 Å². The SMILES string of the molecule is Cc1ccc(CCC(=O)N(C)[C@@H]2CCCC[C@H]2S(C)(=O)=O)cc1. The van der Waals surface area contributed by atoms with Gasteiger partial charge in [-0.15, -0.1) is 0 Å². The fraction of sp³-hybridized carbons (Fsp3) is 0.611. The van der Waals surface area contributed by atoms with Gasteiger partial charge in [-0.1, -0.05) is 42.7 Å². The Morgan fingerprint density at radius 1 is 1.17 bits per heavy atom. The van der Waals surface area contributed by atoms with Gasteiger partial charge in [0.2, 0.25) is 5.91 Å². The lowest BCUT2D eigenvalue weighted by molar-refractivity contribution is -0.132. The Morgan fingerprint density at radius 2 is 1.78 bits per heavy atom. The number of carbonyl (C=O) groups is 1. The Kier molecular flexibility index (Phi) is 5.84. The number of carbonyl (C=O) groups excluding carboxylic acids is 1. The van der Waals surface area contributed by atoms with Crippen LogP contribution in [0, 0.1) is 6.92 Å². The van der Waals surface area contributed by atoms with E-state index in [1.54, 1.807) is 11.9 Å². The lowest BCUT2D eigenvalue weighted by Crippen LogP contribution is -2.49. The third-order valence-corrected chi connectivity index (χ3v) is 6.51. The Morgan fingerprint density at radius 3 is 2.39 bits per heavy atom. The number of aryl methyl sites for hydroxylation is 2. The van der Waals surface area contributed by atoms with Crippen LogP contribution in [0.4, 0.5) is 0 Å². The number of amides is 1. The zero-order chi connectivity index (χ0) is 17.0. The highest BCUT2D eigenvalue weighted by Crippen LogP contribution is 2.27. The van der Waals surface area contributed by atoms with Crippen molar-refractivity contribution in [1.29, 1.82) is 0 Å². The summed E-state index contributed by atoms with van der Waals surface area (Å²) in [5, 5.41) is -0.412. The minimum atomic E-state index is -3.12. The molecule has 1 aromatic carbocycles. The van der Waals surface area contributed by atoms with Gasteiger partial charge < -0.3 is 4.90 Å². The van der Waals surface area contributed by atoms with Gasteiger partial charge in [-0.2, -0.15) is 0 Å². The molecule has 0 saturated heterocycles. The zero-order valence-electron chi connectivity index (χ0n) is 14.3. The largest absolute Gasteiger partial charge is 0.341 e. The van der Waals surface area contributed by atoms with E-state index in [-0.39, 0.29) is 11.9 Å². The molecule has 4 nitrogen and oxygen atoms in total. The van der Waals surface area contributed by atoms with E-state index >= 15 is 0 Å². The Hall–Kier alpha value is -1.36. The van der Waals surface area contributed by atoms with Crippen LogP contribution in [-0.4, -0.2) is 43.8 Å². The molecule has 0 aliphatic heterocycles. The molecule has 0 aromatic heterocycles. The molecule has 1 saturated carbocycles. The molecule has 2 atom stereocenters. The molecule has 0 bridgehead atoms. The van der Waals surface area contributed by atoms with Crippen molar-refractivity contribution in [2.75, 3.05) is 13.3 Å². The Balaban J connectivity index is 1.98. The Bertz CT molecular complexity index is 637. The van der Waals surface area contributed by atoms with Crippen LogP contribution in [0.1, 0.15) is 43.2 Å². The van der Waals surface area contributed by atoms with Crippen molar-refractivity contribution in [2.24, 2.45) is 0 Å². The molecule has 128 valence electrons. The highest BCUT2D eigenvalue weighted by atomic mass is 32.2. The van der Waals surface area contributed by atoms with Gasteiger partial charge in [0.15, 0.2) is 9.84 Å². The number of sulfone groups is 1. The van der Waals surface area contributed by atoms with Gasteiger partial charge in [0.25, 0.3) is 0 Å². The molecule has 23 heavy (non-hydrogen) atoms. The minimum Gasteiger partial charge on any atom is -0.341 e. The summed E-state index contributed by atoms with van der Waals surface area (Å²) in [5.41, 5.74) is 2.34. The summed E-state index contributed by atoms with van der Waals surface area (Å²) in [7, 11) is -1.36. The van der Waals surface area contributed by atoms with Gasteiger partial charge in [0.1, 0.15) is 0 Å². The predicted molar refractivity (Wildman–Crippen MR) is 93.2 cm³/mol. The summed E-state index contributed by atoms with van der Waals surface area (Å²) in [5.74, 6) is 0.0334. The smallest absolute Gasteiger partial charge is 0.222 e. The summed E-state index contributed by atoms with van der Waals surface area (Å²) in [6.07, 6.45) is 5.78. The van der Waals surface area contributed by atoms with Crippen LogP contribution < -0.4 is 0 Å². The number of nitrogens with zero attached hydrogens (tertiary/aromatic N) is 1. The number of hydrogen-bond donors (Lipinski definition) is 0. The van der Waals surface area contributed by atoms with Crippen LogP contribution in [0.25, 0.3) is 0 Å². The monoisotopic (exact) mass is 337 g/mol. The van der Waals surface area contributed by atoms with Crippen molar-refractivity contribution < 1.29 is 13.2 Å². The maximum atomic E-state index is 12.5. The highest BCUT2D eigenvalue weighted by molar-refractivity contribution is 7.91. The molecule has 1 aliphatic rings. The summed E-state index contributed by atoms with van der Waals surface area (Å²) >= 11 is 0. The minimum absolute atomic E-state index is 0.0334. The van der Waals surface area contributed by atoms with E-state index < -0.39 is 15.1 Å². The van der Waals surface area contributed by atoms with Crippen molar-refractivity contribution in [3.8, 4) is 0 Å². The van der Waals surface area contributed by atoms with Crippen molar-refractivity contribution in [3.05, 3.63) is 35.4 Å². The van der Waals surface area contributed by atoms with Gasteiger partial charge >= 0.3 is 0 Å². The molecule has 1 fully saturated rings. The maximum Gasteiger partial charge on any atom is 0.222 e. The van der Waals surface area contributed by atoms with Gasteiger partial charge in [-0.05, 0) is 31.7 Å². The molecule has 1 aliphatic carbocycles. The average molecular weight is 337 g/mol.